The van der Waals surface area contributed by atoms with E-state index in [1.165, 1.54) is 6.92 Å². The Morgan fingerprint density at radius 3 is 2.67 bits per heavy atom. The number of amides is 1. The van der Waals surface area contributed by atoms with E-state index < -0.39 is 12.1 Å². The zero-order valence-electron chi connectivity index (χ0n) is 8.77. The van der Waals surface area contributed by atoms with Gasteiger partial charge in [-0.2, -0.15) is 0 Å². The van der Waals surface area contributed by atoms with Crippen molar-refractivity contribution in [3.8, 4) is 0 Å². The average molecular weight is 213 g/mol. The molecule has 5 nitrogen and oxygen atoms in total. The largest absolute Gasteiger partial charge is 0.391 e. The predicted molar refractivity (Wildman–Crippen MR) is 54.6 cm³/mol. The quantitative estimate of drug-likeness (QED) is 0.563. The maximum absolute atomic E-state index is 11.6. The van der Waals surface area contributed by atoms with E-state index in [1.54, 1.807) is 6.29 Å². The predicted octanol–water partition coefficient (Wildman–Crippen LogP) is -0.911. The molecule has 0 aliphatic heterocycles. The number of nitrogens with one attached hydrogen (secondary N) is 1. The summed E-state index contributed by atoms with van der Waals surface area (Å²) in [5.74, 6) is -0.492. The zero-order chi connectivity index (χ0) is 11.4. The molecule has 5 heteroatoms. The molecule has 0 saturated heterocycles. The topological polar surface area (TPSA) is 92.4 Å². The van der Waals surface area contributed by atoms with Gasteiger partial charge in [0.25, 0.3) is 0 Å². The van der Waals surface area contributed by atoms with Gasteiger partial charge in [-0.15, -0.1) is 0 Å². The van der Waals surface area contributed by atoms with Crippen molar-refractivity contribution in [1.29, 1.82) is 0 Å². The molecule has 0 bridgehead atoms. The molecule has 0 heterocycles. The maximum atomic E-state index is 11.6. The van der Waals surface area contributed by atoms with Crippen molar-refractivity contribution in [3.63, 3.8) is 0 Å². The average Bonchev–Trinajstić information content (AvgIpc) is 2.60. The second-order valence-corrected chi connectivity index (χ2v) is 4.05. The lowest BCUT2D eigenvalue weighted by Gasteiger charge is -2.19. The van der Waals surface area contributed by atoms with Gasteiger partial charge >= 0.3 is 0 Å². The number of hydrogen-bond acceptors (Lipinski definition) is 4. The number of hydrogen-bond donors (Lipinski definition) is 3. The normalized spacial score (nSPS) is 29.5. The summed E-state index contributed by atoms with van der Waals surface area (Å²) >= 11 is 0. The number of carbonyl (C=O) groups excluding carboxylic acids is 2. The van der Waals surface area contributed by atoms with Crippen LogP contribution in [-0.2, 0) is 9.59 Å². The maximum Gasteiger partial charge on any atom is 0.225 e. The van der Waals surface area contributed by atoms with E-state index >= 15 is 0 Å². The Labute approximate surface area is 89.0 Å². The van der Waals surface area contributed by atoms with Gasteiger partial charge in [-0.1, -0.05) is 6.42 Å². The van der Waals surface area contributed by atoms with Crippen LogP contribution in [0.5, 0.6) is 0 Å². The fraction of sp³-hybridized carbons (Fsp3) is 0.800. The van der Waals surface area contributed by atoms with Crippen molar-refractivity contribution in [1.82, 2.24) is 5.32 Å². The summed E-state index contributed by atoms with van der Waals surface area (Å²) in [5, 5.41) is 11.6. The summed E-state index contributed by atoms with van der Waals surface area (Å²) in [6, 6.07) is -1.09. The second kappa shape index (κ2) is 5.23. The fourth-order valence-corrected chi connectivity index (χ4v) is 1.82. The number of aliphatic hydroxyl groups is 1. The third kappa shape index (κ3) is 3.00. The number of carbonyl (C=O) groups is 1. The fourth-order valence-electron chi connectivity index (χ4n) is 1.82. The smallest absolute Gasteiger partial charge is 0.225 e. The second-order valence-electron chi connectivity index (χ2n) is 4.05. The van der Waals surface area contributed by atoms with Crippen molar-refractivity contribution < 1.29 is 14.7 Å². The van der Waals surface area contributed by atoms with Crippen LogP contribution in [0.2, 0.25) is 0 Å². The van der Waals surface area contributed by atoms with Crippen LogP contribution in [0.25, 0.3) is 0 Å². The van der Waals surface area contributed by atoms with E-state index in [1.807, 2.05) is 0 Å². The highest BCUT2D eigenvalue weighted by atomic mass is 16.3. The van der Waals surface area contributed by atoms with Gasteiger partial charge in [-0.25, -0.2) is 0 Å². The van der Waals surface area contributed by atoms with E-state index in [4.69, 9.17) is 10.8 Å². The van der Waals surface area contributed by atoms with Crippen molar-refractivity contribution in [2.45, 2.75) is 44.4 Å². The number of rotatable bonds is 4. The van der Waals surface area contributed by atoms with Gasteiger partial charge in [0.2, 0.25) is 12.2 Å². The van der Waals surface area contributed by atoms with Gasteiger partial charge in [0.1, 0.15) is 6.04 Å². The SMILES string of the molecule is C[C@@H](O)[C@@H]([C]=O)NC(=O)C1CCCC1N. The summed E-state index contributed by atoms with van der Waals surface area (Å²) in [6.45, 7) is 1.43. The first-order valence-electron chi connectivity index (χ1n) is 5.18. The van der Waals surface area contributed by atoms with Crippen LogP contribution in [0.3, 0.4) is 0 Å². The van der Waals surface area contributed by atoms with Gasteiger partial charge in [0, 0.05) is 6.04 Å². The molecule has 1 saturated carbocycles. The molecule has 15 heavy (non-hydrogen) atoms. The third-order valence-electron chi connectivity index (χ3n) is 2.81. The molecule has 4 atom stereocenters. The lowest BCUT2D eigenvalue weighted by Crippen LogP contribution is -2.48. The van der Waals surface area contributed by atoms with Crippen molar-refractivity contribution in [3.05, 3.63) is 0 Å². The molecular weight excluding hydrogens is 196 g/mol. The van der Waals surface area contributed by atoms with Gasteiger partial charge in [0.05, 0.1) is 12.0 Å². The Hall–Kier alpha value is -0.940. The summed E-state index contributed by atoms with van der Waals surface area (Å²) in [4.78, 5) is 22.1. The highest BCUT2D eigenvalue weighted by molar-refractivity contribution is 5.82. The van der Waals surface area contributed by atoms with Crippen LogP contribution >= 0.6 is 0 Å². The Bertz CT molecular complexity index is 243. The molecule has 1 aliphatic carbocycles. The molecule has 0 aromatic heterocycles. The van der Waals surface area contributed by atoms with Crippen LogP contribution in [0.1, 0.15) is 26.2 Å². The molecule has 1 rings (SSSR count). The zero-order valence-corrected chi connectivity index (χ0v) is 8.77. The molecule has 85 valence electrons. The van der Waals surface area contributed by atoms with Crippen LogP contribution in [-0.4, -0.2) is 35.5 Å². The molecular formula is C10H17N2O3. The van der Waals surface area contributed by atoms with E-state index in [-0.39, 0.29) is 17.9 Å². The van der Waals surface area contributed by atoms with Gasteiger partial charge in [-0.3, -0.25) is 9.59 Å². The van der Waals surface area contributed by atoms with Crippen LogP contribution in [0, 0.1) is 5.92 Å². The molecule has 0 spiro atoms. The minimum absolute atomic E-state index is 0.133. The third-order valence-corrected chi connectivity index (χ3v) is 2.81. The molecule has 1 radical (unpaired) electrons. The van der Waals surface area contributed by atoms with Crippen LogP contribution in [0.15, 0.2) is 0 Å². The van der Waals surface area contributed by atoms with Crippen LogP contribution < -0.4 is 11.1 Å². The van der Waals surface area contributed by atoms with Gasteiger partial charge < -0.3 is 16.2 Å². The van der Waals surface area contributed by atoms with Gasteiger partial charge in [-0.05, 0) is 19.8 Å². The molecule has 1 aliphatic rings. The first-order valence-corrected chi connectivity index (χ1v) is 5.18. The minimum atomic E-state index is -0.953. The summed E-state index contributed by atoms with van der Waals surface area (Å²) in [6.07, 6.45) is 3.19. The minimum Gasteiger partial charge on any atom is -0.391 e. The number of nitrogens with two attached hydrogens (primary N) is 1. The Morgan fingerprint density at radius 2 is 2.27 bits per heavy atom. The van der Waals surface area contributed by atoms with Crippen LogP contribution in [0.4, 0.5) is 0 Å². The summed E-state index contributed by atoms with van der Waals surface area (Å²) < 4.78 is 0. The summed E-state index contributed by atoms with van der Waals surface area (Å²) in [7, 11) is 0. The standard InChI is InChI=1S/C10H17N2O3/c1-6(14)9(5-13)12-10(15)7-3-2-4-8(7)11/h6-9,14H,2-4,11H2,1H3,(H,12,15)/t6-,7?,8?,9-/m1/s1. The Morgan fingerprint density at radius 1 is 1.60 bits per heavy atom. The van der Waals surface area contributed by atoms with E-state index in [0.717, 1.165) is 19.3 Å². The first-order chi connectivity index (χ1) is 7.06. The Balaban J connectivity index is 2.50. The Kier molecular flexibility index (Phi) is 4.23. The first kappa shape index (κ1) is 12.1. The highest BCUT2D eigenvalue weighted by Gasteiger charge is 2.32. The van der Waals surface area contributed by atoms with Gasteiger partial charge in [0.15, 0.2) is 0 Å². The summed E-state index contributed by atoms with van der Waals surface area (Å²) in [5.41, 5.74) is 5.75. The lowest BCUT2D eigenvalue weighted by atomic mass is 10.0. The molecule has 1 fully saturated rings. The van der Waals surface area contributed by atoms with Crippen molar-refractivity contribution >= 4 is 12.2 Å². The van der Waals surface area contributed by atoms with Crippen molar-refractivity contribution in [2.75, 3.05) is 0 Å². The lowest BCUT2D eigenvalue weighted by molar-refractivity contribution is -0.126. The monoisotopic (exact) mass is 213 g/mol. The van der Waals surface area contributed by atoms with E-state index in [9.17, 15) is 9.59 Å². The molecule has 1 amide bonds. The molecule has 2 unspecified atom stereocenters. The highest BCUT2D eigenvalue weighted by Crippen LogP contribution is 2.24. The molecule has 0 aromatic rings. The van der Waals surface area contributed by atoms with Crippen molar-refractivity contribution in [2.24, 2.45) is 11.7 Å². The number of aliphatic hydroxyl groups excluding tert-OH is 1. The van der Waals surface area contributed by atoms with E-state index in [0.29, 0.717) is 0 Å². The molecule has 0 aromatic carbocycles. The van der Waals surface area contributed by atoms with E-state index in [2.05, 4.69) is 5.32 Å². The molecule has 4 N–H and O–H groups in total.